The van der Waals surface area contributed by atoms with Crippen LogP contribution in [-0.4, -0.2) is 14.7 Å². The molecule has 10 heavy (non-hydrogen) atoms. The summed E-state index contributed by atoms with van der Waals surface area (Å²) in [6.07, 6.45) is 2.61. The predicted molar refractivity (Wildman–Crippen MR) is 38.5 cm³/mol. The number of rotatable bonds is 2. The summed E-state index contributed by atoms with van der Waals surface area (Å²) in [7, 11) is 1.89. The first-order chi connectivity index (χ1) is 4.79. The van der Waals surface area contributed by atoms with E-state index in [1.807, 2.05) is 18.5 Å². The number of aromatic nitrogens is 2. The number of aliphatic hydroxyl groups is 1. The second-order valence-electron chi connectivity index (χ2n) is 2.26. The first-order valence-corrected chi connectivity index (χ1v) is 3.39. The van der Waals surface area contributed by atoms with E-state index < -0.39 is 0 Å². The first kappa shape index (κ1) is 7.28. The highest BCUT2D eigenvalue weighted by Gasteiger charge is 2.03. The molecule has 1 rings (SSSR count). The van der Waals surface area contributed by atoms with Gasteiger partial charge in [0.05, 0.1) is 24.3 Å². The van der Waals surface area contributed by atoms with Gasteiger partial charge in [-0.25, -0.2) is 4.98 Å². The number of aryl methyl sites for hydroxylation is 2. The SMILES string of the molecule is CCc1ncn(C)c1CO. The fraction of sp³-hybridized carbons (Fsp3) is 0.571. The molecule has 0 aliphatic rings. The molecule has 0 fully saturated rings. The molecule has 1 aromatic rings. The van der Waals surface area contributed by atoms with Crippen LogP contribution in [0.3, 0.4) is 0 Å². The lowest BCUT2D eigenvalue weighted by atomic mass is 10.3. The molecule has 0 bridgehead atoms. The lowest BCUT2D eigenvalue weighted by Gasteiger charge is -1.98. The molecule has 0 atom stereocenters. The van der Waals surface area contributed by atoms with Gasteiger partial charge in [0, 0.05) is 7.05 Å². The Kier molecular flexibility index (Phi) is 2.06. The van der Waals surface area contributed by atoms with Gasteiger partial charge in [0.15, 0.2) is 0 Å². The summed E-state index contributed by atoms with van der Waals surface area (Å²) < 4.78 is 1.85. The Bertz CT molecular complexity index is 217. The maximum absolute atomic E-state index is 8.86. The highest BCUT2D eigenvalue weighted by Crippen LogP contribution is 2.05. The van der Waals surface area contributed by atoms with Gasteiger partial charge in [-0.2, -0.15) is 0 Å². The highest BCUT2D eigenvalue weighted by atomic mass is 16.3. The molecule has 0 aliphatic carbocycles. The molecule has 0 unspecified atom stereocenters. The molecule has 1 aromatic heterocycles. The quantitative estimate of drug-likeness (QED) is 0.648. The van der Waals surface area contributed by atoms with E-state index in [2.05, 4.69) is 4.98 Å². The average molecular weight is 140 g/mol. The molecule has 0 aromatic carbocycles. The van der Waals surface area contributed by atoms with Crippen molar-refractivity contribution in [2.24, 2.45) is 7.05 Å². The third-order valence-corrected chi connectivity index (χ3v) is 1.63. The molecule has 0 saturated carbocycles. The zero-order valence-electron chi connectivity index (χ0n) is 6.33. The predicted octanol–water partition coefficient (Wildman–Crippen LogP) is 0.475. The van der Waals surface area contributed by atoms with Gasteiger partial charge in [0.2, 0.25) is 0 Å². The van der Waals surface area contributed by atoms with Gasteiger partial charge in [-0.1, -0.05) is 6.92 Å². The van der Waals surface area contributed by atoms with Gasteiger partial charge < -0.3 is 9.67 Å². The number of imidazole rings is 1. The molecule has 0 saturated heterocycles. The van der Waals surface area contributed by atoms with Crippen molar-refractivity contribution in [3.8, 4) is 0 Å². The van der Waals surface area contributed by atoms with Crippen molar-refractivity contribution in [3.63, 3.8) is 0 Å². The first-order valence-electron chi connectivity index (χ1n) is 3.39. The van der Waals surface area contributed by atoms with Crippen molar-refractivity contribution >= 4 is 0 Å². The Morgan fingerprint density at radius 3 is 2.80 bits per heavy atom. The summed E-state index contributed by atoms with van der Waals surface area (Å²) >= 11 is 0. The van der Waals surface area contributed by atoms with Crippen molar-refractivity contribution in [2.45, 2.75) is 20.0 Å². The maximum Gasteiger partial charge on any atom is 0.0949 e. The largest absolute Gasteiger partial charge is 0.390 e. The van der Waals surface area contributed by atoms with Gasteiger partial charge in [0.1, 0.15) is 0 Å². The van der Waals surface area contributed by atoms with Gasteiger partial charge in [-0.15, -0.1) is 0 Å². The molecule has 1 N–H and O–H groups in total. The van der Waals surface area contributed by atoms with Crippen LogP contribution in [0.4, 0.5) is 0 Å². The molecular formula is C7H12N2O. The van der Waals surface area contributed by atoms with E-state index in [0.717, 1.165) is 17.8 Å². The Balaban J connectivity index is 3.01. The van der Waals surface area contributed by atoms with Gasteiger partial charge >= 0.3 is 0 Å². The van der Waals surface area contributed by atoms with Crippen LogP contribution in [0.5, 0.6) is 0 Å². The van der Waals surface area contributed by atoms with E-state index in [1.54, 1.807) is 6.33 Å². The van der Waals surface area contributed by atoms with E-state index in [-0.39, 0.29) is 6.61 Å². The summed E-state index contributed by atoms with van der Waals surface area (Å²) in [6.45, 7) is 2.11. The van der Waals surface area contributed by atoms with Crippen molar-refractivity contribution in [3.05, 3.63) is 17.7 Å². The fourth-order valence-corrected chi connectivity index (χ4v) is 1.00. The molecular weight excluding hydrogens is 128 g/mol. The van der Waals surface area contributed by atoms with E-state index in [0.29, 0.717) is 0 Å². The van der Waals surface area contributed by atoms with Crippen LogP contribution in [-0.2, 0) is 20.1 Å². The second kappa shape index (κ2) is 2.84. The normalized spacial score (nSPS) is 10.3. The van der Waals surface area contributed by atoms with Crippen LogP contribution in [0.1, 0.15) is 18.3 Å². The Labute approximate surface area is 60.3 Å². The van der Waals surface area contributed by atoms with Crippen LogP contribution in [0.15, 0.2) is 6.33 Å². The minimum absolute atomic E-state index is 0.0830. The summed E-state index contributed by atoms with van der Waals surface area (Å²) in [5.41, 5.74) is 1.91. The molecule has 0 amide bonds. The number of aliphatic hydroxyl groups excluding tert-OH is 1. The standard InChI is InChI=1S/C7H12N2O/c1-3-6-7(4-10)9(2)5-8-6/h5,10H,3-4H2,1-2H3. The summed E-state index contributed by atoms with van der Waals surface area (Å²) in [4.78, 5) is 4.11. The second-order valence-corrected chi connectivity index (χ2v) is 2.26. The topological polar surface area (TPSA) is 38.0 Å². The van der Waals surface area contributed by atoms with E-state index in [9.17, 15) is 0 Å². The number of hydrogen-bond donors (Lipinski definition) is 1. The van der Waals surface area contributed by atoms with Crippen LogP contribution in [0.25, 0.3) is 0 Å². The lowest BCUT2D eigenvalue weighted by molar-refractivity contribution is 0.271. The van der Waals surface area contributed by atoms with Gasteiger partial charge in [0.25, 0.3) is 0 Å². The van der Waals surface area contributed by atoms with Crippen molar-refractivity contribution in [1.29, 1.82) is 0 Å². The lowest BCUT2D eigenvalue weighted by Crippen LogP contribution is -1.97. The van der Waals surface area contributed by atoms with Crippen LogP contribution in [0, 0.1) is 0 Å². The molecule has 0 spiro atoms. The molecule has 3 nitrogen and oxygen atoms in total. The summed E-state index contributed by atoms with van der Waals surface area (Å²) in [5.74, 6) is 0. The van der Waals surface area contributed by atoms with E-state index in [4.69, 9.17) is 5.11 Å². The molecule has 56 valence electrons. The van der Waals surface area contributed by atoms with E-state index >= 15 is 0 Å². The minimum Gasteiger partial charge on any atom is -0.390 e. The molecule has 1 heterocycles. The molecule has 0 radical (unpaired) electrons. The van der Waals surface area contributed by atoms with Crippen molar-refractivity contribution < 1.29 is 5.11 Å². The Hall–Kier alpha value is -0.830. The van der Waals surface area contributed by atoms with Crippen molar-refractivity contribution in [2.75, 3.05) is 0 Å². The average Bonchev–Trinajstić information content (AvgIpc) is 2.30. The minimum atomic E-state index is 0.0830. The van der Waals surface area contributed by atoms with Crippen molar-refractivity contribution in [1.82, 2.24) is 9.55 Å². The summed E-state index contributed by atoms with van der Waals surface area (Å²) in [5, 5.41) is 8.86. The van der Waals surface area contributed by atoms with Gasteiger partial charge in [-0.3, -0.25) is 0 Å². The zero-order chi connectivity index (χ0) is 7.56. The van der Waals surface area contributed by atoms with Crippen LogP contribution >= 0.6 is 0 Å². The summed E-state index contributed by atoms with van der Waals surface area (Å²) in [6, 6.07) is 0. The van der Waals surface area contributed by atoms with E-state index in [1.165, 1.54) is 0 Å². The number of hydrogen-bond acceptors (Lipinski definition) is 2. The highest BCUT2D eigenvalue weighted by molar-refractivity contribution is 5.11. The Morgan fingerprint density at radius 1 is 1.70 bits per heavy atom. The smallest absolute Gasteiger partial charge is 0.0949 e. The number of nitrogens with zero attached hydrogens (tertiary/aromatic N) is 2. The maximum atomic E-state index is 8.86. The Morgan fingerprint density at radius 2 is 2.40 bits per heavy atom. The van der Waals surface area contributed by atoms with Crippen LogP contribution < -0.4 is 0 Å². The fourth-order valence-electron chi connectivity index (χ4n) is 1.00. The monoisotopic (exact) mass is 140 g/mol. The zero-order valence-corrected chi connectivity index (χ0v) is 6.33. The molecule has 3 heteroatoms. The molecule has 0 aliphatic heterocycles. The third kappa shape index (κ3) is 1.04. The third-order valence-electron chi connectivity index (χ3n) is 1.63. The van der Waals surface area contributed by atoms with Crippen LogP contribution in [0.2, 0.25) is 0 Å². The van der Waals surface area contributed by atoms with Gasteiger partial charge in [-0.05, 0) is 6.42 Å².